The van der Waals surface area contributed by atoms with Crippen LogP contribution in [0.4, 0.5) is 0 Å². The van der Waals surface area contributed by atoms with Crippen LogP contribution in [0.2, 0.25) is 5.02 Å². The first kappa shape index (κ1) is 13.0. The van der Waals surface area contributed by atoms with E-state index >= 15 is 0 Å². The van der Waals surface area contributed by atoms with E-state index in [0.717, 1.165) is 11.4 Å². The van der Waals surface area contributed by atoms with Gasteiger partial charge in [-0.05, 0) is 24.1 Å². The van der Waals surface area contributed by atoms with Gasteiger partial charge in [-0.1, -0.05) is 23.7 Å². The SMILES string of the molecule is CN(CCc1ccc(Cl)cc1)C(=O)CCN. The summed E-state index contributed by atoms with van der Waals surface area (Å²) in [6.45, 7) is 1.12. The molecule has 0 aliphatic rings. The Labute approximate surface area is 101 Å². The molecule has 0 aromatic heterocycles. The van der Waals surface area contributed by atoms with Gasteiger partial charge in [0.15, 0.2) is 0 Å². The molecule has 4 heteroatoms. The molecule has 1 amide bonds. The standard InChI is InChI=1S/C12H17ClN2O/c1-15(12(16)6-8-14)9-7-10-2-4-11(13)5-3-10/h2-5H,6-9,14H2,1H3. The van der Waals surface area contributed by atoms with Gasteiger partial charge in [-0.25, -0.2) is 0 Å². The predicted molar refractivity (Wildman–Crippen MR) is 66.5 cm³/mol. The molecule has 0 unspecified atom stereocenters. The number of likely N-dealkylation sites (N-methyl/N-ethyl adjacent to an activating group) is 1. The van der Waals surface area contributed by atoms with Crippen LogP contribution < -0.4 is 5.73 Å². The van der Waals surface area contributed by atoms with E-state index in [1.54, 1.807) is 11.9 Å². The lowest BCUT2D eigenvalue weighted by molar-refractivity contribution is -0.129. The highest BCUT2D eigenvalue weighted by atomic mass is 35.5. The van der Waals surface area contributed by atoms with E-state index in [2.05, 4.69) is 0 Å². The van der Waals surface area contributed by atoms with E-state index in [4.69, 9.17) is 17.3 Å². The highest BCUT2D eigenvalue weighted by molar-refractivity contribution is 6.30. The lowest BCUT2D eigenvalue weighted by Crippen LogP contribution is -2.30. The van der Waals surface area contributed by atoms with E-state index < -0.39 is 0 Å². The number of hydrogen-bond donors (Lipinski definition) is 1. The van der Waals surface area contributed by atoms with Crippen molar-refractivity contribution in [3.05, 3.63) is 34.9 Å². The van der Waals surface area contributed by atoms with Gasteiger partial charge in [0, 0.05) is 31.6 Å². The van der Waals surface area contributed by atoms with Crippen molar-refractivity contribution in [2.75, 3.05) is 20.1 Å². The average Bonchev–Trinajstić information content (AvgIpc) is 2.28. The highest BCUT2D eigenvalue weighted by Gasteiger charge is 2.06. The minimum absolute atomic E-state index is 0.0939. The molecule has 1 aromatic rings. The fourth-order valence-corrected chi connectivity index (χ4v) is 1.51. The molecule has 0 atom stereocenters. The number of nitrogens with zero attached hydrogens (tertiary/aromatic N) is 1. The third-order valence-corrected chi connectivity index (χ3v) is 2.69. The van der Waals surface area contributed by atoms with E-state index in [0.29, 0.717) is 19.5 Å². The number of rotatable bonds is 5. The minimum Gasteiger partial charge on any atom is -0.345 e. The normalized spacial score (nSPS) is 10.2. The highest BCUT2D eigenvalue weighted by Crippen LogP contribution is 2.10. The van der Waals surface area contributed by atoms with Crippen LogP contribution in [-0.4, -0.2) is 30.9 Å². The van der Waals surface area contributed by atoms with Gasteiger partial charge in [-0.2, -0.15) is 0 Å². The van der Waals surface area contributed by atoms with Crippen molar-refractivity contribution in [1.29, 1.82) is 0 Å². The van der Waals surface area contributed by atoms with Gasteiger partial charge in [0.05, 0.1) is 0 Å². The Balaban J connectivity index is 2.39. The molecular formula is C12H17ClN2O. The van der Waals surface area contributed by atoms with Gasteiger partial charge in [-0.15, -0.1) is 0 Å². The van der Waals surface area contributed by atoms with Gasteiger partial charge < -0.3 is 10.6 Å². The van der Waals surface area contributed by atoms with Crippen LogP contribution >= 0.6 is 11.6 Å². The Bertz CT molecular complexity index is 337. The monoisotopic (exact) mass is 240 g/mol. The number of halogens is 1. The zero-order chi connectivity index (χ0) is 12.0. The summed E-state index contributed by atoms with van der Waals surface area (Å²) in [6, 6.07) is 7.67. The van der Waals surface area contributed by atoms with Crippen molar-refractivity contribution in [2.45, 2.75) is 12.8 Å². The summed E-state index contributed by atoms with van der Waals surface area (Å²) in [5, 5.41) is 0.733. The summed E-state index contributed by atoms with van der Waals surface area (Å²) in [5.74, 6) is 0.0939. The summed E-state index contributed by atoms with van der Waals surface area (Å²) in [5.41, 5.74) is 6.51. The van der Waals surface area contributed by atoms with Crippen molar-refractivity contribution in [3.63, 3.8) is 0 Å². The second-order valence-corrected chi connectivity index (χ2v) is 4.17. The fourth-order valence-electron chi connectivity index (χ4n) is 1.39. The van der Waals surface area contributed by atoms with Crippen LogP contribution in [0.15, 0.2) is 24.3 Å². The molecule has 0 radical (unpaired) electrons. The van der Waals surface area contributed by atoms with E-state index in [1.807, 2.05) is 24.3 Å². The quantitative estimate of drug-likeness (QED) is 0.852. The Kier molecular flexibility index (Phi) is 5.29. The molecule has 88 valence electrons. The molecule has 3 nitrogen and oxygen atoms in total. The van der Waals surface area contributed by atoms with Crippen molar-refractivity contribution >= 4 is 17.5 Å². The maximum atomic E-state index is 11.4. The summed E-state index contributed by atoms with van der Waals surface area (Å²) >= 11 is 5.79. The van der Waals surface area contributed by atoms with Crippen LogP contribution in [0.3, 0.4) is 0 Å². The van der Waals surface area contributed by atoms with Gasteiger partial charge >= 0.3 is 0 Å². The lowest BCUT2D eigenvalue weighted by Gasteiger charge is -2.16. The van der Waals surface area contributed by atoms with Gasteiger partial charge in [0.25, 0.3) is 0 Å². The Morgan fingerprint density at radius 3 is 2.56 bits per heavy atom. The van der Waals surface area contributed by atoms with E-state index in [9.17, 15) is 4.79 Å². The lowest BCUT2D eigenvalue weighted by atomic mass is 10.1. The van der Waals surface area contributed by atoms with Crippen molar-refractivity contribution in [3.8, 4) is 0 Å². The summed E-state index contributed by atoms with van der Waals surface area (Å²) in [7, 11) is 1.80. The van der Waals surface area contributed by atoms with Crippen LogP contribution in [0, 0.1) is 0 Å². The van der Waals surface area contributed by atoms with Crippen LogP contribution in [-0.2, 0) is 11.2 Å². The zero-order valence-electron chi connectivity index (χ0n) is 9.45. The van der Waals surface area contributed by atoms with Gasteiger partial charge in [0.2, 0.25) is 5.91 Å². The number of carbonyl (C=O) groups is 1. The van der Waals surface area contributed by atoms with Crippen LogP contribution in [0.1, 0.15) is 12.0 Å². The molecule has 16 heavy (non-hydrogen) atoms. The number of nitrogens with two attached hydrogens (primary N) is 1. The summed E-state index contributed by atoms with van der Waals surface area (Å²) in [4.78, 5) is 13.2. The van der Waals surface area contributed by atoms with E-state index in [-0.39, 0.29) is 5.91 Å². The molecule has 0 spiro atoms. The first-order chi connectivity index (χ1) is 7.63. The molecule has 0 fully saturated rings. The molecule has 0 aliphatic heterocycles. The number of hydrogen-bond acceptors (Lipinski definition) is 2. The van der Waals surface area contributed by atoms with Crippen LogP contribution in [0.25, 0.3) is 0 Å². The van der Waals surface area contributed by atoms with Crippen molar-refractivity contribution in [2.24, 2.45) is 5.73 Å². The molecule has 0 aliphatic carbocycles. The van der Waals surface area contributed by atoms with E-state index in [1.165, 1.54) is 5.56 Å². The molecule has 0 heterocycles. The first-order valence-electron chi connectivity index (χ1n) is 5.32. The molecule has 1 aromatic carbocycles. The molecule has 1 rings (SSSR count). The second-order valence-electron chi connectivity index (χ2n) is 3.73. The molecule has 0 saturated heterocycles. The largest absolute Gasteiger partial charge is 0.345 e. The van der Waals surface area contributed by atoms with Gasteiger partial charge in [0.1, 0.15) is 0 Å². The number of amides is 1. The Hall–Kier alpha value is -1.06. The topological polar surface area (TPSA) is 46.3 Å². The maximum absolute atomic E-state index is 11.4. The smallest absolute Gasteiger partial charge is 0.223 e. The maximum Gasteiger partial charge on any atom is 0.223 e. The van der Waals surface area contributed by atoms with Crippen molar-refractivity contribution in [1.82, 2.24) is 4.90 Å². The molecular weight excluding hydrogens is 224 g/mol. The van der Waals surface area contributed by atoms with Crippen molar-refractivity contribution < 1.29 is 4.79 Å². The predicted octanol–water partition coefficient (Wildman–Crippen LogP) is 1.69. The molecule has 0 bridgehead atoms. The summed E-state index contributed by atoms with van der Waals surface area (Å²) in [6.07, 6.45) is 1.25. The Morgan fingerprint density at radius 1 is 1.38 bits per heavy atom. The minimum atomic E-state index is 0.0939. The second kappa shape index (κ2) is 6.51. The van der Waals surface area contributed by atoms with Gasteiger partial charge in [-0.3, -0.25) is 4.79 Å². The number of carbonyl (C=O) groups excluding carboxylic acids is 1. The average molecular weight is 241 g/mol. The fraction of sp³-hybridized carbons (Fsp3) is 0.417. The number of benzene rings is 1. The van der Waals surface area contributed by atoms with Crippen LogP contribution in [0.5, 0.6) is 0 Å². The first-order valence-corrected chi connectivity index (χ1v) is 5.69. The third kappa shape index (κ3) is 4.21. The zero-order valence-corrected chi connectivity index (χ0v) is 10.2. The molecule has 2 N–H and O–H groups in total. The third-order valence-electron chi connectivity index (χ3n) is 2.43. The summed E-state index contributed by atoms with van der Waals surface area (Å²) < 4.78 is 0. The molecule has 0 saturated carbocycles. The Morgan fingerprint density at radius 2 is 2.00 bits per heavy atom.